The predicted octanol–water partition coefficient (Wildman–Crippen LogP) is 2.83. The van der Waals surface area contributed by atoms with E-state index in [4.69, 9.17) is 9.47 Å². The van der Waals surface area contributed by atoms with Crippen LogP contribution in [0.2, 0.25) is 0 Å². The Morgan fingerprint density at radius 1 is 1.19 bits per heavy atom. The fraction of sp³-hybridized carbons (Fsp3) is 0.100. The Morgan fingerprint density at radius 3 is 2.85 bits per heavy atom. The summed E-state index contributed by atoms with van der Waals surface area (Å²) in [4.78, 5) is 20.0. The quantitative estimate of drug-likeness (QED) is 0.516. The third kappa shape index (κ3) is 5.12. The average molecular weight is 362 g/mol. The molecule has 2 heterocycles. The molecule has 1 amide bonds. The van der Waals surface area contributed by atoms with Crippen molar-refractivity contribution in [3.63, 3.8) is 0 Å². The van der Waals surface area contributed by atoms with Gasteiger partial charge < -0.3 is 9.47 Å². The minimum absolute atomic E-state index is 0.296. The maximum Gasteiger partial charge on any atom is 0.272 e. The summed E-state index contributed by atoms with van der Waals surface area (Å²) in [5, 5.41) is 3.99. The number of methoxy groups -OCH3 is 1. The summed E-state index contributed by atoms with van der Waals surface area (Å²) in [6, 6.07) is 14.4. The van der Waals surface area contributed by atoms with Crippen molar-refractivity contribution in [1.82, 2.24) is 15.4 Å². The molecule has 0 fully saturated rings. The average Bonchev–Trinajstić information content (AvgIpc) is 2.73. The number of nitrogens with one attached hydrogen (secondary N) is 1. The van der Waals surface area contributed by atoms with Crippen LogP contribution in [0.15, 0.2) is 72.2 Å². The van der Waals surface area contributed by atoms with E-state index in [1.807, 2.05) is 30.3 Å². The number of carbonyl (C=O) groups is 1. The zero-order valence-electron chi connectivity index (χ0n) is 14.7. The molecule has 0 unspecified atom stereocenters. The van der Waals surface area contributed by atoms with E-state index in [0.29, 0.717) is 23.8 Å². The van der Waals surface area contributed by atoms with Gasteiger partial charge in [0.1, 0.15) is 12.4 Å². The van der Waals surface area contributed by atoms with Gasteiger partial charge in [-0.05, 0) is 42.0 Å². The molecule has 27 heavy (non-hydrogen) atoms. The number of benzene rings is 1. The van der Waals surface area contributed by atoms with E-state index in [1.54, 1.807) is 43.9 Å². The topological polar surface area (TPSA) is 85.7 Å². The standard InChI is InChI=1S/C20H18N4O3/c1-26-18-8-7-15(11-17(18)14-27-19-6-2-3-10-22-19)12-23-24-20(25)16-5-4-9-21-13-16/h2-13H,14H2,1H3,(H,24,25)/b23-12-. The van der Waals surface area contributed by atoms with Crippen LogP contribution in [0.3, 0.4) is 0 Å². The third-order valence-electron chi connectivity index (χ3n) is 3.62. The molecule has 0 radical (unpaired) electrons. The lowest BCUT2D eigenvalue weighted by Gasteiger charge is -2.10. The Kier molecular flexibility index (Phi) is 6.08. The van der Waals surface area contributed by atoms with E-state index in [2.05, 4.69) is 20.5 Å². The maximum absolute atomic E-state index is 11.9. The van der Waals surface area contributed by atoms with Crippen LogP contribution in [-0.4, -0.2) is 29.2 Å². The first-order valence-corrected chi connectivity index (χ1v) is 8.20. The van der Waals surface area contributed by atoms with Gasteiger partial charge in [0, 0.05) is 30.2 Å². The van der Waals surface area contributed by atoms with Crippen molar-refractivity contribution >= 4 is 12.1 Å². The SMILES string of the molecule is COc1ccc(/C=N\NC(=O)c2cccnc2)cc1COc1ccccn1. The molecular formula is C20H18N4O3. The molecule has 2 aromatic heterocycles. The summed E-state index contributed by atoms with van der Waals surface area (Å²) in [7, 11) is 1.60. The van der Waals surface area contributed by atoms with Crippen LogP contribution in [0, 0.1) is 0 Å². The number of amides is 1. The van der Waals surface area contributed by atoms with Crippen molar-refractivity contribution in [1.29, 1.82) is 0 Å². The van der Waals surface area contributed by atoms with Gasteiger partial charge >= 0.3 is 0 Å². The molecule has 0 spiro atoms. The van der Waals surface area contributed by atoms with Crippen LogP contribution in [0.4, 0.5) is 0 Å². The van der Waals surface area contributed by atoms with E-state index in [0.717, 1.165) is 11.1 Å². The van der Waals surface area contributed by atoms with Crippen LogP contribution in [0.5, 0.6) is 11.6 Å². The molecule has 7 nitrogen and oxygen atoms in total. The lowest BCUT2D eigenvalue weighted by Crippen LogP contribution is -2.17. The van der Waals surface area contributed by atoms with Crippen LogP contribution < -0.4 is 14.9 Å². The molecule has 1 aromatic carbocycles. The molecule has 0 aliphatic heterocycles. The number of hydrogen-bond acceptors (Lipinski definition) is 6. The van der Waals surface area contributed by atoms with Crippen LogP contribution in [0.1, 0.15) is 21.5 Å². The second-order valence-electron chi connectivity index (χ2n) is 5.47. The molecule has 3 rings (SSSR count). The van der Waals surface area contributed by atoms with Crippen molar-refractivity contribution in [2.45, 2.75) is 6.61 Å². The summed E-state index contributed by atoms with van der Waals surface area (Å²) >= 11 is 0. The lowest BCUT2D eigenvalue weighted by molar-refractivity contribution is 0.0955. The Hall–Kier alpha value is -3.74. The van der Waals surface area contributed by atoms with Gasteiger partial charge in [0.2, 0.25) is 5.88 Å². The second kappa shape index (κ2) is 9.10. The minimum atomic E-state index is -0.327. The fourth-order valence-corrected chi connectivity index (χ4v) is 2.30. The minimum Gasteiger partial charge on any atom is -0.496 e. The maximum atomic E-state index is 11.9. The van der Waals surface area contributed by atoms with Gasteiger partial charge in [0.05, 0.1) is 18.9 Å². The zero-order valence-corrected chi connectivity index (χ0v) is 14.7. The largest absolute Gasteiger partial charge is 0.496 e. The molecule has 0 saturated heterocycles. The van der Waals surface area contributed by atoms with Gasteiger partial charge in [-0.3, -0.25) is 9.78 Å². The number of ether oxygens (including phenoxy) is 2. The first-order chi connectivity index (χ1) is 13.3. The van der Waals surface area contributed by atoms with Gasteiger partial charge in [-0.25, -0.2) is 10.4 Å². The van der Waals surface area contributed by atoms with Crippen LogP contribution in [0.25, 0.3) is 0 Å². The van der Waals surface area contributed by atoms with Gasteiger partial charge in [-0.15, -0.1) is 0 Å². The summed E-state index contributed by atoms with van der Waals surface area (Å²) in [5.41, 5.74) is 4.54. The number of nitrogens with zero attached hydrogens (tertiary/aromatic N) is 3. The Morgan fingerprint density at radius 2 is 2.11 bits per heavy atom. The molecule has 3 aromatic rings. The normalized spacial score (nSPS) is 10.6. The summed E-state index contributed by atoms with van der Waals surface area (Å²) in [6.07, 6.45) is 6.30. The Bertz CT molecular complexity index is 915. The van der Waals surface area contributed by atoms with Gasteiger partial charge in [0.15, 0.2) is 0 Å². The van der Waals surface area contributed by atoms with Crippen molar-refractivity contribution in [2.75, 3.05) is 7.11 Å². The van der Waals surface area contributed by atoms with Gasteiger partial charge in [-0.2, -0.15) is 5.10 Å². The van der Waals surface area contributed by atoms with Crippen LogP contribution in [-0.2, 0) is 6.61 Å². The van der Waals surface area contributed by atoms with E-state index in [1.165, 1.54) is 6.20 Å². The van der Waals surface area contributed by atoms with E-state index >= 15 is 0 Å². The molecule has 0 atom stereocenters. The first-order valence-electron chi connectivity index (χ1n) is 8.20. The van der Waals surface area contributed by atoms with Crippen molar-refractivity contribution in [3.05, 3.63) is 83.8 Å². The zero-order chi connectivity index (χ0) is 18.9. The lowest BCUT2D eigenvalue weighted by atomic mass is 10.1. The number of carbonyl (C=O) groups excluding carboxylic acids is 1. The highest BCUT2D eigenvalue weighted by atomic mass is 16.5. The Balaban J connectivity index is 1.66. The molecule has 136 valence electrons. The van der Waals surface area contributed by atoms with Crippen molar-refractivity contribution < 1.29 is 14.3 Å². The van der Waals surface area contributed by atoms with Crippen molar-refractivity contribution in [3.8, 4) is 11.6 Å². The summed E-state index contributed by atoms with van der Waals surface area (Å²) in [5.74, 6) is 0.899. The molecule has 0 aliphatic rings. The van der Waals surface area contributed by atoms with E-state index in [-0.39, 0.29) is 5.91 Å². The second-order valence-corrected chi connectivity index (χ2v) is 5.47. The summed E-state index contributed by atoms with van der Waals surface area (Å²) in [6.45, 7) is 0.296. The van der Waals surface area contributed by atoms with E-state index in [9.17, 15) is 4.79 Å². The summed E-state index contributed by atoms with van der Waals surface area (Å²) < 4.78 is 11.0. The van der Waals surface area contributed by atoms with E-state index < -0.39 is 0 Å². The van der Waals surface area contributed by atoms with Gasteiger partial charge in [-0.1, -0.05) is 6.07 Å². The number of hydrazone groups is 1. The molecule has 1 N–H and O–H groups in total. The molecular weight excluding hydrogens is 344 g/mol. The van der Waals surface area contributed by atoms with Crippen molar-refractivity contribution in [2.24, 2.45) is 5.10 Å². The fourth-order valence-electron chi connectivity index (χ4n) is 2.30. The highest BCUT2D eigenvalue weighted by Gasteiger charge is 2.06. The first kappa shape index (κ1) is 18.1. The number of hydrogen-bond donors (Lipinski definition) is 1. The molecule has 0 aliphatic carbocycles. The van der Waals surface area contributed by atoms with Gasteiger partial charge in [0.25, 0.3) is 5.91 Å². The number of aromatic nitrogens is 2. The predicted molar refractivity (Wildman–Crippen MR) is 101 cm³/mol. The smallest absolute Gasteiger partial charge is 0.272 e. The number of pyridine rings is 2. The molecule has 7 heteroatoms. The third-order valence-corrected chi connectivity index (χ3v) is 3.62. The highest BCUT2D eigenvalue weighted by molar-refractivity contribution is 5.94. The van der Waals surface area contributed by atoms with Crippen LogP contribution >= 0.6 is 0 Å². The highest BCUT2D eigenvalue weighted by Crippen LogP contribution is 2.21. The Labute approximate surface area is 156 Å². The monoisotopic (exact) mass is 362 g/mol. The number of rotatable bonds is 7. The molecule has 0 bridgehead atoms. The molecule has 0 saturated carbocycles.